The van der Waals surface area contributed by atoms with Crippen LogP contribution < -0.4 is 10.6 Å². The fourth-order valence-corrected chi connectivity index (χ4v) is 2.08. The van der Waals surface area contributed by atoms with E-state index in [1.54, 1.807) is 7.11 Å². The maximum absolute atomic E-state index is 5.06. The van der Waals surface area contributed by atoms with Gasteiger partial charge in [0.05, 0.1) is 0 Å². The fourth-order valence-electron chi connectivity index (χ4n) is 2.08. The van der Waals surface area contributed by atoms with Gasteiger partial charge in [-0.3, -0.25) is 4.99 Å². The van der Waals surface area contributed by atoms with E-state index in [0.717, 1.165) is 58.3 Å². The lowest BCUT2D eigenvalue weighted by Gasteiger charge is -2.19. The molecule has 0 bridgehead atoms. The molecule has 0 atom stereocenters. The smallest absolute Gasteiger partial charge is 0.191 e. The highest BCUT2D eigenvalue weighted by molar-refractivity contribution is 14.0. The van der Waals surface area contributed by atoms with E-state index in [9.17, 15) is 0 Å². The van der Waals surface area contributed by atoms with Crippen LogP contribution in [0.3, 0.4) is 0 Å². The normalized spacial score (nSPS) is 11.7. The molecule has 0 saturated carbocycles. The Morgan fingerprint density at radius 2 is 1.48 bits per heavy atom. The first kappa shape index (κ1) is 25.1. The van der Waals surface area contributed by atoms with E-state index in [4.69, 9.17) is 4.74 Å². The standard InChI is InChI=1S/C16H37N5O.HI/c1-6-7-11-20(3)13-9-18-16(17-2)19-10-14-21(4)12-8-15-22-5;/h6-15H2,1-5H3,(H2,17,18,19);1H. The van der Waals surface area contributed by atoms with Gasteiger partial charge in [-0.1, -0.05) is 13.3 Å². The number of likely N-dealkylation sites (N-methyl/N-ethyl adjacent to an activating group) is 2. The van der Waals surface area contributed by atoms with Gasteiger partial charge in [-0.25, -0.2) is 0 Å². The lowest BCUT2D eigenvalue weighted by atomic mass is 10.3. The second kappa shape index (κ2) is 18.2. The van der Waals surface area contributed by atoms with Crippen LogP contribution in [0.25, 0.3) is 0 Å². The minimum absolute atomic E-state index is 0. The molecule has 6 nitrogen and oxygen atoms in total. The molecule has 0 aliphatic rings. The van der Waals surface area contributed by atoms with Gasteiger partial charge in [-0.05, 0) is 33.5 Å². The monoisotopic (exact) mass is 443 g/mol. The summed E-state index contributed by atoms with van der Waals surface area (Å²) in [6.07, 6.45) is 3.59. The number of rotatable bonds is 13. The molecule has 0 heterocycles. The quantitative estimate of drug-likeness (QED) is 0.196. The zero-order valence-electron chi connectivity index (χ0n) is 15.7. The Morgan fingerprint density at radius 1 is 0.957 bits per heavy atom. The van der Waals surface area contributed by atoms with E-state index in [0.29, 0.717) is 0 Å². The first-order chi connectivity index (χ1) is 10.6. The van der Waals surface area contributed by atoms with Crippen molar-refractivity contribution in [3.63, 3.8) is 0 Å². The Hall–Kier alpha value is -0.120. The summed E-state index contributed by atoms with van der Waals surface area (Å²) in [6, 6.07) is 0. The predicted molar refractivity (Wildman–Crippen MR) is 111 cm³/mol. The molecule has 140 valence electrons. The topological polar surface area (TPSA) is 52.1 Å². The number of guanidine groups is 1. The van der Waals surface area contributed by atoms with Crippen molar-refractivity contribution in [1.82, 2.24) is 20.4 Å². The Morgan fingerprint density at radius 3 is 1.91 bits per heavy atom. The van der Waals surface area contributed by atoms with Crippen molar-refractivity contribution in [3.8, 4) is 0 Å². The minimum Gasteiger partial charge on any atom is -0.385 e. The van der Waals surface area contributed by atoms with Crippen molar-refractivity contribution in [3.05, 3.63) is 0 Å². The zero-order valence-corrected chi connectivity index (χ0v) is 18.1. The lowest BCUT2D eigenvalue weighted by Crippen LogP contribution is -2.43. The number of ether oxygens (including phenoxy) is 1. The van der Waals surface area contributed by atoms with Crippen LogP contribution in [-0.4, -0.2) is 89.9 Å². The fraction of sp³-hybridized carbons (Fsp3) is 0.938. The van der Waals surface area contributed by atoms with Gasteiger partial charge in [-0.15, -0.1) is 24.0 Å². The molecule has 0 aliphatic carbocycles. The highest BCUT2D eigenvalue weighted by atomic mass is 127. The molecule has 23 heavy (non-hydrogen) atoms. The minimum atomic E-state index is 0. The number of hydrogen-bond donors (Lipinski definition) is 2. The van der Waals surface area contributed by atoms with Crippen LogP contribution >= 0.6 is 24.0 Å². The number of unbranched alkanes of at least 4 members (excludes halogenated alkanes) is 1. The molecule has 0 aromatic heterocycles. The molecule has 0 aromatic carbocycles. The molecule has 0 spiro atoms. The van der Waals surface area contributed by atoms with Crippen LogP contribution in [0.15, 0.2) is 4.99 Å². The maximum atomic E-state index is 5.06. The van der Waals surface area contributed by atoms with Gasteiger partial charge in [0, 0.05) is 53.5 Å². The second-order valence-corrected chi connectivity index (χ2v) is 5.73. The maximum Gasteiger partial charge on any atom is 0.191 e. The van der Waals surface area contributed by atoms with Gasteiger partial charge in [0.1, 0.15) is 0 Å². The molecule has 0 fully saturated rings. The number of methoxy groups -OCH3 is 1. The lowest BCUT2D eigenvalue weighted by molar-refractivity contribution is 0.180. The van der Waals surface area contributed by atoms with Crippen molar-refractivity contribution in [2.24, 2.45) is 4.99 Å². The van der Waals surface area contributed by atoms with E-state index in [-0.39, 0.29) is 24.0 Å². The van der Waals surface area contributed by atoms with Crippen LogP contribution in [0.2, 0.25) is 0 Å². The van der Waals surface area contributed by atoms with Gasteiger partial charge >= 0.3 is 0 Å². The van der Waals surface area contributed by atoms with E-state index < -0.39 is 0 Å². The van der Waals surface area contributed by atoms with E-state index in [1.165, 1.54) is 12.8 Å². The summed E-state index contributed by atoms with van der Waals surface area (Å²) in [4.78, 5) is 8.91. The summed E-state index contributed by atoms with van der Waals surface area (Å²) in [5, 5.41) is 6.72. The van der Waals surface area contributed by atoms with E-state index >= 15 is 0 Å². The molecule has 7 heteroatoms. The molecule has 0 unspecified atom stereocenters. The number of nitrogens with zero attached hydrogens (tertiary/aromatic N) is 3. The summed E-state index contributed by atoms with van der Waals surface area (Å²) < 4.78 is 5.06. The zero-order chi connectivity index (χ0) is 16.6. The van der Waals surface area contributed by atoms with Crippen molar-refractivity contribution >= 4 is 29.9 Å². The molecule has 0 amide bonds. The highest BCUT2D eigenvalue weighted by Gasteiger charge is 2.01. The first-order valence-electron chi connectivity index (χ1n) is 8.44. The number of nitrogens with one attached hydrogen (secondary N) is 2. The van der Waals surface area contributed by atoms with Gasteiger partial charge < -0.3 is 25.2 Å². The Kier molecular flexibility index (Phi) is 19.9. The summed E-state index contributed by atoms with van der Waals surface area (Å²) in [7, 11) is 7.87. The van der Waals surface area contributed by atoms with Crippen LogP contribution in [0, 0.1) is 0 Å². The van der Waals surface area contributed by atoms with Gasteiger partial charge in [0.25, 0.3) is 0 Å². The van der Waals surface area contributed by atoms with Crippen LogP contribution in [0.1, 0.15) is 26.2 Å². The third-order valence-corrected chi connectivity index (χ3v) is 3.58. The van der Waals surface area contributed by atoms with E-state index in [1.807, 2.05) is 7.05 Å². The number of hydrogen-bond acceptors (Lipinski definition) is 4. The first-order valence-corrected chi connectivity index (χ1v) is 8.44. The van der Waals surface area contributed by atoms with E-state index in [2.05, 4.69) is 46.4 Å². The Labute approximate surface area is 160 Å². The van der Waals surface area contributed by atoms with Crippen molar-refractivity contribution < 1.29 is 4.74 Å². The average molecular weight is 443 g/mol. The molecule has 0 rings (SSSR count). The van der Waals surface area contributed by atoms with Crippen molar-refractivity contribution in [1.29, 1.82) is 0 Å². The molecular weight excluding hydrogens is 405 g/mol. The van der Waals surface area contributed by atoms with Crippen molar-refractivity contribution in [2.75, 3.05) is 74.1 Å². The second-order valence-electron chi connectivity index (χ2n) is 5.73. The van der Waals surface area contributed by atoms with Crippen LogP contribution in [0.4, 0.5) is 0 Å². The van der Waals surface area contributed by atoms with Crippen LogP contribution in [0.5, 0.6) is 0 Å². The number of halogens is 1. The molecular formula is C16H38IN5O. The largest absolute Gasteiger partial charge is 0.385 e. The average Bonchev–Trinajstić information content (AvgIpc) is 2.51. The number of aliphatic imine (C=N–C) groups is 1. The third kappa shape index (κ3) is 16.5. The predicted octanol–water partition coefficient (Wildman–Crippen LogP) is 1.47. The molecule has 0 aliphatic heterocycles. The van der Waals surface area contributed by atoms with Gasteiger partial charge in [-0.2, -0.15) is 0 Å². The summed E-state index contributed by atoms with van der Waals surface area (Å²) in [5.74, 6) is 0.884. The molecule has 0 radical (unpaired) electrons. The molecule has 2 N–H and O–H groups in total. The Bertz CT molecular complexity index is 279. The highest BCUT2D eigenvalue weighted by Crippen LogP contribution is 1.90. The van der Waals surface area contributed by atoms with Crippen LogP contribution in [-0.2, 0) is 4.74 Å². The van der Waals surface area contributed by atoms with Gasteiger partial charge in [0.2, 0.25) is 0 Å². The molecule has 0 saturated heterocycles. The SMILES string of the molecule is CCCCN(C)CCNC(=NC)NCCN(C)CCCOC.I. The molecule has 0 aromatic rings. The summed E-state index contributed by atoms with van der Waals surface area (Å²) in [6.45, 7) is 9.13. The van der Waals surface area contributed by atoms with Crippen molar-refractivity contribution in [2.45, 2.75) is 26.2 Å². The third-order valence-electron chi connectivity index (χ3n) is 3.58. The van der Waals surface area contributed by atoms with Gasteiger partial charge in [0.15, 0.2) is 5.96 Å². The summed E-state index contributed by atoms with van der Waals surface area (Å²) in [5.41, 5.74) is 0. The summed E-state index contributed by atoms with van der Waals surface area (Å²) >= 11 is 0. The Balaban J connectivity index is 0.